The van der Waals surface area contributed by atoms with Gasteiger partial charge in [0.25, 0.3) is 0 Å². The summed E-state index contributed by atoms with van der Waals surface area (Å²) >= 11 is 7.27. The number of halogens is 1. The molecule has 0 N–H and O–H groups in total. The highest BCUT2D eigenvalue weighted by Gasteiger charge is 2.11. The van der Waals surface area contributed by atoms with Gasteiger partial charge in [-0.2, -0.15) is 5.26 Å². The third-order valence-electron chi connectivity index (χ3n) is 1.67. The Bertz CT molecular complexity index is 287. The lowest BCUT2D eigenvalue weighted by Gasteiger charge is -2.02. The lowest BCUT2D eigenvalue weighted by Crippen LogP contribution is -1.90. The topological polar surface area (TPSA) is 23.8 Å². The van der Waals surface area contributed by atoms with E-state index in [1.807, 2.05) is 12.1 Å². The molecule has 0 aliphatic carbocycles. The molecule has 0 radical (unpaired) electrons. The SMILES string of the molecule is CCCC(C#N)c1ccc(Cl)s1. The van der Waals surface area contributed by atoms with Gasteiger partial charge in [-0.1, -0.05) is 24.9 Å². The molecular formula is C9H10ClNS. The van der Waals surface area contributed by atoms with Crippen molar-refractivity contribution in [2.75, 3.05) is 0 Å². The van der Waals surface area contributed by atoms with Crippen molar-refractivity contribution in [2.24, 2.45) is 0 Å². The molecule has 0 spiro atoms. The molecule has 1 rings (SSSR count). The smallest absolute Gasteiger partial charge is 0.0931 e. The van der Waals surface area contributed by atoms with Crippen LogP contribution >= 0.6 is 22.9 Å². The summed E-state index contributed by atoms with van der Waals surface area (Å²) in [6.45, 7) is 2.08. The fourth-order valence-electron chi connectivity index (χ4n) is 1.07. The highest BCUT2D eigenvalue weighted by Crippen LogP contribution is 2.30. The maximum Gasteiger partial charge on any atom is 0.0931 e. The number of hydrogen-bond acceptors (Lipinski definition) is 2. The Hall–Kier alpha value is -0.520. The minimum atomic E-state index is 0.0347. The second-order valence-corrected chi connectivity index (χ2v) is 4.36. The molecule has 0 saturated carbocycles. The molecule has 1 heterocycles. The highest BCUT2D eigenvalue weighted by atomic mass is 35.5. The Kier molecular flexibility index (Phi) is 3.58. The van der Waals surface area contributed by atoms with Gasteiger partial charge in [0.15, 0.2) is 0 Å². The van der Waals surface area contributed by atoms with Crippen molar-refractivity contribution < 1.29 is 0 Å². The van der Waals surface area contributed by atoms with Crippen LogP contribution in [0.4, 0.5) is 0 Å². The van der Waals surface area contributed by atoms with Crippen molar-refractivity contribution in [2.45, 2.75) is 25.7 Å². The van der Waals surface area contributed by atoms with Crippen LogP contribution in [0.5, 0.6) is 0 Å². The van der Waals surface area contributed by atoms with Gasteiger partial charge in [-0.3, -0.25) is 0 Å². The van der Waals surface area contributed by atoms with Crippen molar-refractivity contribution in [1.29, 1.82) is 5.26 Å². The van der Waals surface area contributed by atoms with E-state index in [1.165, 1.54) is 11.3 Å². The van der Waals surface area contributed by atoms with Gasteiger partial charge < -0.3 is 0 Å². The van der Waals surface area contributed by atoms with Gasteiger partial charge in [0.2, 0.25) is 0 Å². The van der Waals surface area contributed by atoms with Crippen LogP contribution in [0.2, 0.25) is 4.34 Å². The molecule has 0 aliphatic heterocycles. The second kappa shape index (κ2) is 4.49. The first kappa shape index (κ1) is 9.57. The first-order chi connectivity index (χ1) is 5.77. The molecular weight excluding hydrogens is 190 g/mol. The van der Waals surface area contributed by atoms with Gasteiger partial charge in [-0.15, -0.1) is 11.3 Å². The lowest BCUT2D eigenvalue weighted by molar-refractivity contribution is 0.737. The van der Waals surface area contributed by atoms with E-state index in [0.717, 1.165) is 22.1 Å². The number of thiophene rings is 1. The largest absolute Gasteiger partial charge is 0.198 e. The van der Waals surface area contributed by atoms with Crippen LogP contribution in [0.3, 0.4) is 0 Å². The van der Waals surface area contributed by atoms with E-state index in [0.29, 0.717) is 0 Å². The van der Waals surface area contributed by atoms with Crippen molar-refractivity contribution in [1.82, 2.24) is 0 Å². The van der Waals surface area contributed by atoms with Crippen LogP contribution in [-0.2, 0) is 0 Å². The zero-order chi connectivity index (χ0) is 8.97. The summed E-state index contributed by atoms with van der Waals surface area (Å²) in [7, 11) is 0. The third-order valence-corrected chi connectivity index (χ3v) is 3.02. The molecule has 0 fully saturated rings. The Morgan fingerprint density at radius 2 is 2.42 bits per heavy atom. The number of nitrogens with zero attached hydrogens (tertiary/aromatic N) is 1. The molecule has 1 aromatic heterocycles. The van der Waals surface area contributed by atoms with Gasteiger partial charge in [-0.05, 0) is 18.6 Å². The second-order valence-electron chi connectivity index (χ2n) is 2.61. The Morgan fingerprint density at radius 3 is 2.83 bits per heavy atom. The third kappa shape index (κ3) is 2.23. The van der Waals surface area contributed by atoms with Crippen molar-refractivity contribution in [3.63, 3.8) is 0 Å². The molecule has 64 valence electrons. The van der Waals surface area contributed by atoms with Gasteiger partial charge in [0, 0.05) is 4.88 Å². The van der Waals surface area contributed by atoms with Crippen LogP contribution in [0.25, 0.3) is 0 Å². The van der Waals surface area contributed by atoms with Gasteiger partial charge in [0.1, 0.15) is 0 Å². The molecule has 0 bridgehead atoms. The maximum atomic E-state index is 8.83. The Balaban J connectivity index is 2.74. The summed E-state index contributed by atoms with van der Waals surface area (Å²) in [6.07, 6.45) is 1.96. The molecule has 0 saturated heterocycles. The van der Waals surface area contributed by atoms with Crippen LogP contribution < -0.4 is 0 Å². The Labute approximate surface area is 81.6 Å². The molecule has 3 heteroatoms. The van der Waals surface area contributed by atoms with Crippen molar-refractivity contribution >= 4 is 22.9 Å². The average Bonchev–Trinajstić information content (AvgIpc) is 2.47. The van der Waals surface area contributed by atoms with E-state index in [2.05, 4.69) is 13.0 Å². The van der Waals surface area contributed by atoms with E-state index in [4.69, 9.17) is 16.9 Å². The summed E-state index contributed by atoms with van der Waals surface area (Å²) in [5.41, 5.74) is 0. The predicted molar refractivity (Wildman–Crippen MR) is 52.6 cm³/mol. The van der Waals surface area contributed by atoms with Gasteiger partial charge >= 0.3 is 0 Å². The standard InChI is InChI=1S/C9H10ClNS/c1-2-3-7(6-11)8-4-5-9(10)12-8/h4-5,7H,2-3H2,1H3. The molecule has 0 aliphatic rings. The molecule has 1 atom stereocenters. The summed E-state index contributed by atoms with van der Waals surface area (Å²) in [6, 6.07) is 6.07. The monoisotopic (exact) mass is 199 g/mol. The van der Waals surface area contributed by atoms with Crippen LogP contribution in [0.1, 0.15) is 30.6 Å². The highest BCUT2D eigenvalue weighted by molar-refractivity contribution is 7.16. The van der Waals surface area contributed by atoms with Gasteiger partial charge in [-0.25, -0.2) is 0 Å². The van der Waals surface area contributed by atoms with E-state index in [9.17, 15) is 0 Å². The van der Waals surface area contributed by atoms with E-state index in [-0.39, 0.29) is 5.92 Å². The predicted octanol–water partition coefficient (Wildman–Crippen LogP) is 3.81. The zero-order valence-corrected chi connectivity index (χ0v) is 8.45. The quantitative estimate of drug-likeness (QED) is 0.727. The average molecular weight is 200 g/mol. The van der Waals surface area contributed by atoms with Crippen molar-refractivity contribution in [3.8, 4) is 6.07 Å². The summed E-state index contributed by atoms with van der Waals surface area (Å²) in [5, 5.41) is 8.83. The van der Waals surface area contributed by atoms with Crippen LogP contribution in [-0.4, -0.2) is 0 Å². The first-order valence-corrected chi connectivity index (χ1v) is 5.12. The van der Waals surface area contributed by atoms with Crippen LogP contribution in [0, 0.1) is 11.3 Å². The maximum absolute atomic E-state index is 8.83. The molecule has 1 aromatic rings. The number of nitriles is 1. The summed E-state index contributed by atoms with van der Waals surface area (Å²) < 4.78 is 0.765. The van der Waals surface area contributed by atoms with Crippen LogP contribution in [0.15, 0.2) is 12.1 Å². The molecule has 1 unspecified atom stereocenters. The first-order valence-electron chi connectivity index (χ1n) is 3.92. The van der Waals surface area contributed by atoms with E-state index < -0.39 is 0 Å². The summed E-state index contributed by atoms with van der Waals surface area (Å²) in [5.74, 6) is 0.0347. The lowest BCUT2D eigenvalue weighted by atomic mass is 10.0. The molecule has 0 aromatic carbocycles. The van der Waals surface area contributed by atoms with Gasteiger partial charge in [0.05, 0.1) is 16.3 Å². The zero-order valence-electron chi connectivity index (χ0n) is 6.88. The molecule has 0 amide bonds. The Morgan fingerprint density at radius 1 is 1.67 bits per heavy atom. The number of hydrogen-bond donors (Lipinski definition) is 0. The minimum Gasteiger partial charge on any atom is -0.198 e. The molecule has 12 heavy (non-hydrogen) atoms. The van der Waals surface area contributed by atoms with Crippen molar-refractivity contribution in [3.05, 3.63) is 21.3 Å². The normalized spacial score (nSPS) is 12.4. The summed E-state index contributed by atoms with van der Waals surface area (Å²) in [4.78, 5) is 1.09. The fraction of sp³-hybridized carbons (Fsp3) is 0.444. The fourth-order valence-corrected chi connectivity index (χ4v) is 2.22. The molecule has 1 nitrogen and oxygen atoms in total. The minimum absolute atomic E-state index is 0.0347. The number of rotatable bonds is 3. The van der Waals surface area contributed by atoms with E-state index in [1.54, 1.807) is 0 Å². The van der Waals surface area contributed by atoms with E-state index >= 15 is 0 Å².